The molecule has 0 fully saturated rings. The third kappa shape index (κ3) is 10.5. The number of hydrogen-bond acceptors (Lipinski definition) is 7. The van der Waals surface area contributed by atoms with Crippen LogP contribution < -0.4 is 20.7 Å². The van der Waals surface area contributed by atoms with Crippen molar-refractivity contribution >= 4 is 57.7 Å². The maximum absolute atomic E-state index is 13.7. The number of ether oxygens (including phenoxy) is 1. The van der Waals surface area contributed by atoms with Crippen molar-refractivity contribution in [3.05, 3.63) is 167 Å². The van der Waals surface area contributed by atoms with E-state index in [0.29, 0.717) is 46.4 Å². The Hall–Kier alpha value is -6.04. The van der Waals surface area contributed by atoms with Gasteiger partial charge in [-0.3, -0.25) is 14.4 Å². The normalized spacial score (nSPS) is 11.7. The Bertz CT molecular complexity index is 2190. The fourth-order valence-electron chi connectivity index (χ4n) is 5.11. The van der Waals surface area contributed by atoms with Crippen molar-refractivity contribution in [2.75, 3.05) is 10.6 Å². The van der Waals surface area contributed by atoms with Crippen LogP contribution in [-0.2, 0) is 16.2 Å². The molecule has 0 aliphatic carbocycles. The Morgan fingerprint density at radius 3 is 2.28 bits per heavy atom. The van der Waals surface area contributed by atoms with E-state index in [1.54, 1.807) is 60.7 Å². The Balaban J connectivity index is 1.13. The van der Waals surface area contributed by atoms with Gasteiger partial charge in [-0.1, -0.05) is 73.7 Å². The van der Waals surface area contributed by atoms with Crippen molar-refractivity contribution in [2.24, 2.45) is 0 Å². The maximum Gasteiger partial charge on any atom is 0.272 e. The van der Waals surface area contributed by atoms with Gasteiger partial charge in [0.15, 0.2) is 5.13 Å². The highest BCUT2D eigenvalue weighted by Crippen LogP contribution is 2.30. The fraction of sp³-hybridized carbons (Fsp3) is 0.0952. The van der Waals surface area contributed by atoms with Gasteiger partial charge in [-0.2, -0.15) is 0 Å². The maximum atomic E-state index is 13.7. The molecule has 1 heterocycles. The van der Waals surface area contributed by atoms with Crippen molar-refractivity contribution in [1.29, 1.82) is 0 Å². The van der Waals surface area contributed by atoms with E-state index in [1.807, 2.05) is 79.0 Å². The van der Waals surface area contributed by atoms with Crippen LogP contribution in [0.25, 0.3) is 17.3 Å². The summed E-state index contributed by atoms with van der Waals surface area (Å²) < 4.78 is 19.2. The summed E-state index contributed by atoms with van der Waals surface area (Å²) >= 11 is 2.65. The van der Waals surface area contributed by atoms with E-state index in [1.165, 1.54) is 35.2 Å². The molecule has 1 atom stereocenters. The highest BCUT2D eigenvalue weighted by Gasteiger charge is 2.21. The van der Waals surface area contributed by atoms with E-state index in [4.69, 9.17) is 4.74 Å². The number of amides is 3. The first kappa shape index (κ1) is 36.7. The number of carbonyl (C=O) groups is 3. The predicted molar refractivity (Wildman–Crippen MR) is 210 cm³/mol. The first-order valence-electron chi connectivity index (χ1n) is 16.8. The van der Waals surface area contributed by atoms with Crippen LogP contribution in [-0.4, -0.2) is 28.0 Å². The predicted octanol–water partition coefficient (Wildman–Crippen LogP) is 9.45. The average molecular weight is 743 g/mol. The van der Waals surface area contributed by atoms with E-state index < -0.39 is 17.1 Å². The van der Waals surface area contributed by atoms with Crippen LogP contribution in [0.2, 0.25) is 0 Å². The highest BCUT2D eigenvalue weighted by atomic mass is 32.2. The van der Waals surface area contributed by atoms with Crippen LogP contribution in [0.3, 0.4) is 0 Å². The van der Waals surface area contributed by atoms with E-state index >= 15 is 0 Å². The molecular weight excluding hydrogens is 708 g/mol. The van der Waals surface area contributed by atoms with Gasteiger partial charge in [0.05, 0.1) is 10.9 Å². The molecule has 11 heteroatoms. The molecular formula is C42H35FN4O4S2. The van der Waals surface area contributed by atoms with E-state index in [2.05, 4.69) is 20.9 Å². The lowest BCUT2D eigenvalue weighted by atomic mass is 10.1. The minimum atomic E-state index is -0.522. The molecule has 8 nitrogen and oxygen atoms in total. The molecule has 0 saturated carbocycles. The Kier molecular flexibility index (Phi) is 12.4. The van der Waals surface area contributed by atoms with Crippen molar-refractivity contribution in [2.45, 2.75) is 30.1 Å². The van der Waals surface area contributed by atoms with E-state index in [0.717, 1.165) is 16.0 Å². The summed E-state index contributed by atoms with van der Waals surface area (Å²) in [5, 5.41) is 10.4. The van der Waals surface area contributed by atoms with Crippen molar-refractivity contribution in [3.8, 4) is 17.0 Å². The van der Waals surface area contributed by atoms with Crippen molar-refractivity contribution in [3.63, 3.8) is 0 Å². The summed E-state index contributed by atoms with van der Waals surface area (Å²) in [5.74, 6) is -0.827. The zero-order valence-electron chi connectivity index (χ0n) is 28.6. The van der Waals surface area contributed by atoms with Crippen molar-refractivity contribution < 1.29 is 23.5 Å². The van der Waals surface area contributed by atoms with E-state index in [-0.39, 0.29) is 17.4 Å². The Morgan fingerprint density at radius 1 is 0.849 bits per heavy atom. The minimum absolute atomic E-state index is 0.0455. The molecule has 0 spiro atoms. The van der Waals surface area contributed by atoms with Gasteiger partial charge in [-0.25, -0.2) is 9.37 Å². The zero-order valence-corrected chi connectivity index (χ0v) is 30.3. The van der Waals surface area contributed by atoms with Crippen LogP contribution in [0.4, 0.5) is 15.2 Å². The van der Waals surface area contributed by atoms with E-state index in [9.17, 15) is 18.8 Å². The lowest BCUT2D eigenvalue weighted by Gasteiger charge is -2.15. The molecule has 0 aliphatic heterocycles. The number of rotatable bonds is 14. The summed E-state index contributed by atoms with van der Waals surface area (Å²) in [7, 11) is 0. The minimum Gasteiger partial charge on any atom is -0.489 e. The number of benzene rings is 5. The summed E-state index contributed by atoms with van der Waals surface area (Å²) in [6.45, 7) is 2.34. The quantitative estimate of drug-likeness (QED) is 0.0758. The molecule has 0 bridgehead atoms. The molecule has 0 saturated heterocycles. The largest absolute Gasteiger partial charge is 0.489 e. The third-order valence-electron chi connectivity index (χ3n) is 7.88. The molecule has 6 rings (SSSR count). The van der Waals surface area contributed by atoms with Gasteiger partial charge >= 0.3 is 0 Å². The number of aromatic nitrogens is 1. The molecule has 6 aromatic rings. The van der Waals surface area contributed by atoms with Gasteiger partial charge in [0.1, 0.15) is 23.9 Å². The second-order valence-corrected chi connectivity index (χ2v) is 13.9. The lowest BCUT2D eigenvalue weighted by Crippen LogP contribution is -2.30. The molecule has 3 N–H and O–H groups in total. The number of nitrogens with one attached hydrogen (secondary N) is 3. The number of nitrogens with zero attached hydrogens (tertiary/aromatic N) is 1. The first-order valence-corrected chi connectivity index (χ1v) is 18.5. The molecule has 0 radical (unpaired) electrons. The van der Waals surface area contributed by atoms with Crippen molar-refractivity contribution in [1.82, 2.24) is 10.3 Å². The van der Waals surface area contributed by atoms with Gasteiger partial charge in [0, 0.05) is 27.1 Å². The zero-order chi connectivity index (χ0) is 37.0. The van der Waals surface area contributed by atoms with Crippen LogP contribution in [0, 0.1) is 5.82 Å². The van der Waals surface area contributed by atoms with Crippen LogP contribution in [0.15, 0.2) is 149 Å². The molecule has 5 aromatic carbocycles. The number of hydrogen-bond donors (Lipinski definition) is 3. The Labute approximate surface area is 315 Å². The first-order chi connectivity index (χ1) is 25.8. The van der Waals surface area contributed by atoms with Gasteiger partial charge in [0.2, 0.25) is 5.91 Å². The fourth-order valence-corrected chi connectivity index (χ4v) is 6.85. The topological polar surface area (TPSA) is 109 Å². The summed E-state index contributed by atoms with van der Waals surface area (Å²) in [4.78, 5) is 45.4. The number of thioether (sulfide) groups is 1. The summed E-state index contributed by atoms with van der Waals surface area (Å²) in [6.07, 6.45) is 2.14. The van der Waals surface area contributed by atoms with Crippen LogP contribution in [0.1, 0.15) is 34.8 Å². The van der Waals surface area contributed by atoms with Gasteiger partial charge in [0.25, 0.3) is 11.8 Å². The molecule has 1 unspecified atom stereocenters. The molecule has 266 valence electrons. The third-order valence-corrected chi connectivity index (χ3v) is 9.99. The van der Waals surface area contributed by atoms with Crippen LogP contribution >= 0.6 is 23.1 Å². The number of thiazole rings is 1. The lowest BCUT2D eigenvalue weighted by molar-refractivity contribution is -0.116. The molecule has 3 amide bonds. The second kappa shape index (κ2) is 17.9. The number of anilines is 2. The number of carbonyl (C=O) groups excluding carboxylic acids is 3. The standard InChI is InChI=1S/C42H35FN4O4S2/c1-2-38(41(50)47-42-46-37(27-52-42)30-18-20-32(43)21-19-30)53-35-15-9-14-33(25-35)44-40(49)36(45-39(48)31-12-7-4-8-13-31)24-28-16-22-34(23-17-28)51-26-29-10-5-3-6-11-29/h3-25,27,38H,2,26H2,1H3,(H,44,49)(H,45,48)(H,46,47,50)/b36-24-. The Morgan fingerprint density at radius 2 is 1.57 bits per heavy atom. The molecule has 53 heavy (non-hydrogen) atoms. The molecule has 0 aliphatic rings. The molecule has 1 aromatic heterocycles. The van der Waals surface area contributed by atoms with Gasteiger partial charge in [-0.05, 0) is 90.4 Å². The highest BCUT2D eigenvalue weighted by molar-refractivity contribution is 8.00. The summed E-state index contributed by atoms with van der Waals surface area (Å²) in [6, 6.07) is 38.9. The van der Waals surface area contributed by atoms with Gasteiger partial charge in [-0.15, -0.1) is 23.1 Å². The SMILES string of the molecule is CCC(Sc1cccc(NC(=O)/C(=C/c2ccc(OCc3ccccc3)cc2)NC(=O)c2ccccc2)c1)C(=O)Nc1nc(-c2ccc(F)cc2)cs1. The van der Waals surface area contributed by atoms with Gasteiger partial charge < -0.3 is 20.7 Å². The average Bonchev–Trinajstić information content (AvgIpc) is 3.65. The second-order valence-electron chi connectivity index (χ2n) is 11.8. The number of halogens is 1. The van der Waals surface area contributed by atoms with Crippen LogP contribution in [0.5, 0.6) is 5.75 Å². The monoisotopic (exact) mass is 742 g/mol. The smallest absolute Gasteiger partial charge is 0.272 e. The summed E-state index contributed by atoms with van der Waals surface area (Å²) in [5.41, 5.74) is 4.07.